The molecule has 0 heterocycles. The molecule has 2 heteroatoms. The van der Waals surface area contributed by atoms with Gasteiger partial charge in [-0.1, -0.05) is 130 Å². The maximum absolute atomic E-state index is 3.92. The Morgan fingerprint density at radius 3 is 1.30 bits per heavy atom. The van der Waals surface area contributed by atoms with E-state index >= 15 is 0 Å². The number of hydrogen-bond donors (Lipinski definition) is 0. The fraction of sp³-hybridized carbons (Fsp3) is 0.200. The second-order valence-corrected chi connectivity index (χ2v) is 12.8. The van der Waals surface area contributed by atoms with Gasteiger partial charge in [-0.3, -0.25) is 0 Å². The molecule has 0 fully saturated rings. The lowest BCUT2D eigenvalue weighted by Gasteiger charge is -2.41. The third-order valence-corrected chi connectivity index (χ3v) is 9.61. The predicted octanol–water partition coefficient (Wildman–Crippen LogP) is 11.3. The lowest BCUT2D eigenvalue weighted by atomic mass is 9.62. The van der Waals surface area contributed by atoms with Crippen molar-refractivity contribution >= 4 is 44.0 Å². The summed E-state index contributed by atoms with van der Waals surface area (Å²) in [5.41, 5.74) is 13.4. The summed E-state index contributed by atoms with van der Waals surface area (Å²) >= 11 is 7.84. The molecule has 0 bridgehead atoms. The third-order valence-electron chi connectivity index (χ3n) is 8.30. The monoisotopic (exact) mass is 608 g/mol. The van der Waals surface area contributed by atoms with Gasteiger partial charge in [-0.05, 0) is 88.0 Å². The van der Waals surface area contributed by atoms with Crippen LogP contribution in [-0.2, 0) is 0 Å². The summed E-state index contributed by atoms with van der Waals surface area (Å²) in [5, 5.41) is 0. The summed E-state index contributed by atoms with van der Waals surface area (Å²) in [5.74, 6) is 0.641. The Labute approximate surface area is 237 Å². The molecule has 4 aromatic carbocycles. The second-order valence-electron chi connectivity index (χ2n) is 11.1. The smallest absolute Gasteiger partial charge is 0.0256 e. The minimum atomic E-state index is -0.0266. The Hall–Kier alpha value is -2.68. The first kappa shape index (κ1) is 24.6. The van der Waals surface area contributed by atoms with E-state index in [2.05, 4.69) is 157 Å². The molecule has 0 saturated heterocycles. The molecule has 0 nitrogen and oxygen atoms in total. The predicted molar refractivity (Wildman–Crippen MR) is 166 cm³/mol. The quantitative estimate of drug-likeness (QED) is 0.216. The van der Waals surface area contributed by atoms with Crippen LogP contribution in [0.1, 0.15) is 61.8 Å². The van der Waals surface area contributed by atoms with Gasteiger partial charge in [0.2, 0.25) is 0 Å². The van der Waals surface area contributed by atoms with Gasteiger partial charge < -0.3 is 0 Å². The molecule has 0 saturated carbocycles. The van der Waals surface area contributed by atoms with E-state index in [4.69, 9.17) is 0 Å². The molecule has 37 heavy (non-hydrogen) atoms. The first-order valence-corrected chi connectivity index (χ1v) is 14.5. The Bertz CT molecular complexity index is 1450. The molecular formula is C35H30Br2. The van der Waals surface area contributed by atoms with Crippen LogP contribution in [0.15, 0.2) is 105 Å². The van der Waals surface area contributed by atoms with Gasteiger partial charge in [-0.15, -0.1) is 0 Å². The third kappa shape index (κ3) is 4.10. The lowest BCUT2D eigenvalue weighted by Crippen LogP contribution is -2.30. The standard InChI is InChI=1S/C35H30Br2/c1-21-15-27-29(17-25(19-31(27)36)23-11-7-5-8-12-23)33(21)35(3,4)34-22(2)16-28-30(34)18-26(20-32(28)37)24-13-9-6-10-14-24/h5-20,33-34H,1-4H3. The zero-order valence-electron chi connectivity index (χ0n) is 21.6. The van der Waals surface area contributed by atoms with E-state index in [9.17, 15) is 0 Å². The van der Waals surface area contributed by atoms with E-state index in [1.54, 1.807) is 0 Å². The van der Waals surface area contributed by atoms with Gasteiger partial charge in [-0.25, -0.2) is 0 Å². The van der Waals surface area contributed by atoms with E-state index in [0.29, 0.717) is 11.8 Å². The summed E-state index contributed by atoms with van der Waals surface area (Å²) in [4.78, 5) is 0. The summed E-state index contributed by atoms with van der Waals surface area (Å²) in [7, 11) is 0. The largest absolute Gasteiger partial charge is 0.0646 e. The van der Waals surface area contributed by atoms with Gasteiger partial charge in [0.1, 0.15) is 0 Å². The average Bonchev–Trinajstić information content (AvgIpc) is 3.42. The van der Waals surface area contributed by atoms with Crippen molar-refractivity contribution < 1.29 is 0 Å². The fourth-order valence-corrected chi connectivity index (χ4v) is 8.09. The number of rotatable bonds is 4. The van der Waals surface area contributed by atoms with E-state index in [1.165, 1.54) is 64.6 Å². The molecule has 0 aromatic heterocycles. The molecule has 2 aliphatic carbocycles. The molecule has 2 aliphatic rings. The zero-order chi connectivity index (χ0) is 25.9. The fourth-order valence-electron chi connectivity index (χ4n) is 6.91. The minimum absolute atomic E-state index is 0.0266. The average molecular weight is 610 g/mol. The van der Waals surface area contributed by atoms with Crippen LogP contribution in [0, 0.1) is 5.41 Å². The number of benzene rings is 4. The van der Waals surface area contributed by atoms with E-state index in [-0.39, 0.29) is 5.41 Å². The highest BCUT2D eigenvalue weighted by Gasteiger charge is 2.45. The van der Waals surface area contributed by atoms with Crippen LogP contribution in [-0.4, -0.2) is 0 Å². The molecule has 0 aliphatic heterocycles. The van der Waals surface area contributed by atoms with Crippen molar-refractivity contribution in [3.63, 3.8) is 0 Å². The van der Waals surface area contributed by atoms with Crippen LogP contribution < -0.4 is 0 Å². The highest BCUT2D eigenvalue weighted by atomic mass is 79.9. The first-order valence-electron chi connectivity index (χ1n) is 12.9. The summed E-state index contributed by atoms with van der Waals surface area (Å²) in [6, 6.07) is 30.8. The van der Waals surface area contributed by atoms with Crippen molar-refractivity contribution in [3.05, 3.63) is 127 Å². The van der Waals surface area contributed by atoms with E-state index in [1.807, 2.05) is 0 Å². The van der Waals surface area contributed by atoms with Crippen molar-refractivity contribution in [1.82, 2.24) is 0 Å². The Balaban J connectivity index is 1.48. The normalized spacial score (nSPS) is 18.3. The van der Waals surface area contributed by atoms with Crippen molar-refractivity contribution in [2.24, 2.45) is 5.41 Å². The van der Waals surface area contributed by atoms with E-state index < -0.39 is 0 Å². The van der Waals surface area contributed by atoms with Gasteiger partial charge >= 0.3 is 0 Å². The zero-order valence-corrected chi connectivity index (χ0v) is 24.8. The van der Waals surface area contributed by atoms with Crippen LogP contribution in [0.2, 0.25) is 0 Å². The number of allylic oxidation sites excluding steroid dienone is 2. The molecule has 2 unspecified atom stereocenters. The molecule has 0 amide bonds. The maximum Gasteiger partial charge on any atom is 0.0256 e. The van der Waals surface area contributed by atoms with Gasteiger partial charge in [0, 0.05) is 20.8 Å². The van der Waals surface area contributed by atoms with Gasteiger partial charge in [-0.2, -0.15) is 0 Å². The Kier molecular flexibility index (Phi) is 6.17. The summed E-state index contributed by atoms with van der Waals surface area (Å²) < 4.78 is 2.35. The van der Waals surface area contributed by atoms with Crippen LogP contribution in [0.5, 0.6) is 0 Å². The van der Waals surface area contributed by atoms with Gasteiger partial charge in [0.05, 0.1) is 0 Å². The van der Waals surface area contributed by atoms with E-state index in [0.717, 1.165) is 0 Å². The van der Waals surface area contributed by atoms with Crippen LogP contribution in [0.4, 0.5) is 0 Å². The molecule has 2 atom stereocenters. The molecular weight excluding hydrogens is 580 g/mol. The Morgan fingerprint density at radius 1 is 0.541 bits per heavy atom. The SMILES string of the molecule is CC1=Cc2c(Br)cc(-c3ccccc3)cc2C1C(C)(C)C1C(C)=Cc2c(Br)cc(-c3ccccc3)cc21. The molecule has 0 N–H and O–H groups in total. The van der Waals surface area contributed by atoms with Crippen molar-refractivity contribution in [2.75, 3.05) is 0 Å². The van der Waals surface area contributed by atoms with Crippen molar-refractivity contribution in [1.29, 1.82) is 0 Å². The van der Waals surface area contributed by atoms with Crippen LogP contribution in [0.25, 0.3) is 34.4 Å². The molecule has 4 aromatic rings. The maximum atomic E-state index is 3.92. The van der Waals surface area contributed by atoms with Crippen molar-refractivity contribution in [2.45, 2.75) is 39.5 Å². The van der Waals surface area contributed by atoms with Crippen LogP contribution in [0.3, 0.4) is 0 Å². The molecule has 0 radical (unpaired) electrons. The van der Waals surface area contributed by atoms with Crippen molar-refractivity contribution in [3.8, 4) is 22.3 Å². The molecule has 0 spiro atoms. The molecule has 184 valence electrons. The van der Waals surface area contributed by atoms with Gasteiger partial charge in [0.25, 0.3) is 0 Å². The van der Waals surface area contributed by atoms with Gasteiger partial charge in [0.15, 0.2) is 0 Å². The topological polar surface area (TPSA) is 0 Å². The molecule has 6 rings (SSSR count). The Morgan fingerprint density at radius 2 is 0.919 bits per heavy atom. The van der Waals surface area contributed by atoms with Crippen LogP contribution >= 0.6 is 31.9 Å². The lowest BCUT2D eigenvalue weighted by molar-refractivity contribution is 0.275. The second kappa shape index (κ2) is 9.26. The summed E-state index contributed by atoms with van der Waals surface area (Å²) in [6.07, 6.45) is 4.79. The number of hydrogen-bond acceptors (Lipinski definition) is 0. The first-order chi connectivity index (χ1) is 17.8. The highest BCUT2D eigenvalue weighted by Crippen LogP contribution is 2.60. The number of halogens is 2. The summed E-state index contributed by atoms with van der Waals surface area (Å²) in [6.45, 7) is 9.55. The highest BCUT2D eigenvalue weighted by molar-refractivity contribution is 9.10. The minimum Gasteiger partial charge on any atom is -0.0646 e. The number of fused-ring (bicyclic) bond motifs is 2.